The Morgan fingerprint density at radius 2 is 2.07 bits per heavy atom. The minimum absolute atomic E-state index is 0.118. The lowest BCUT2D eigenvalue weighted by Crippen LogP contribution is -2.36. The standard InChI is InChI=1S/C18H24ClN5O3S2/c1-13-4-2-10-24(12-13)11-3-9-20-29(26,27)18-23-22-17(28-18)21-16(25)14-5-7-15(19)8-6-14/h5-8,13,20H,2-4,9-12H2,1H3,(H,21,22,25)/t13-/m1/s1. The molecular formula is C18H24ClN5O3S2. The minimum atomic E-state index is -3.75. The van der Waals surface area contributed by atoms with Crippen molar-refractivity contribution in [3.8, 4) is 0 Å². The minimum Gasteiger partial charge on any atom is -0.303 e. The van der Waals surface area contributed by atoms with Crippen molar-refractivity contribution < 1.29 is 13.2 Å². The third-order valence-corrected chi connectivity index (χ3v) is 7.57. The molecule has 8 nitrogen and oxygen atoms in total. The Morgan fingerprint density at radius 3 is 2.79 bits per heavy atom. The number of aromatic nitrogens is 2. The maximum atomic E-state index is 12.4. The number of anilines is 1. The molecule has 158 valence electrons. The van der Waals surface area contributed by atoms with E-state index in [0.717, 1.165) is 37.4 Å². The van der Waals surface area contributed by atoms with Crippen LogP contribution in [0.25, 0.3) is 0 Å². The van der Waals surface area contributed by atoms with Gasteiger partial charge in [0.15, 0.2) is 0 Å². The average molecular weight is 458 g/mol. The Bertz CT molecular complexity index is 933. The third-order valence-electron chi connectivity index (χ3n) is 4.65. The summed E-state index contributed by atoms with van der Waals surface area (Å²) >= 11 is 6.62. The van der Waals surface area contributed by atoms with E-state index in [0.29, 0.717) is 23.0 Å². The van der Waals surface area contributed by atoms with E-state index in [1.807, 2.05) is 0 Å². The van der Waals surface area contributed by atoms with Crippen molar-refractivity contribution in [2.75, 3.05) is 31.5 Å². The number of rotatable bonds is 8. The number of amides is 1. The van der Waals surface area contributed by atoms with Crippen LogP contribution in [0.1, 0.15) is 36.5 Å². The van der Waals surface area contributed by atoms with Crippen molar-refractivity contribution >= 4 is 44.0 Å². The fourth-order valence-corrected chi connectivity index (χ4v) is 5.34. The molecule has 2 heterocycles. The summed E-state index contributed by atoms with van der Waals surface area (Å²) in [6, 6.07) is 6.34. The molecular weight excluding hydrogens is 434 g/mol. The summed E-state index contributed by atoms with van der Waals surface area (Å²) in [6.45, 7) is 5.59. The van der Waals surface area contributed by atoms with E-state index in [1.54, 1.807) is 24.3 Å². The van der Waals surface area contributed by atoms with E-state index < -0.39 is 15.9 Å². The van der Waals surface area contributed by atoms with E-state index in [4.69, 9.17) is 11.6 Å². The van der Waals surface area contributed by atoms with Gasteiger partial charge in [-0.3, -0.25) is 10.1 Å². The summed E-state index contributed by atoms with van der Waals surface area (Å²) in [4.78, 5) is 14.6. The predicted molar refractivity (Wildman–Crippen MR) is 114 cm³/mol. The first-order chi connectivity index (χ1) is 13.8. The van der Waals surface area contributed by atoms with Crippen LogP contribution in [0.2, 0.25) is 5.02 Å². The van der Waals surface area contributed by atoms with Crippen LogP contribution in [0.5, 0.6) is 0 Å². The molecule has 11 heteroatoms. The molecule has 29 heavy (non-hydrogen) atoms. The van der Waals surface area contributed by atoms with Crippen LogP contribution in [0, 0.1) is 5.92 Å². The highest BCUT2D eigenvalue weighted by Crippen LogP contribution is 2.21. The molecule has 3 rings (SSSR count). The summed E-state index contributed by atoms with van der Waals surface area (Å²) in [7, 11) is -3.75. The smallest absolute Gasteiger partial charge is 0.269 e. The summed E-state index contributed by atoms with van der Waals surface area (Å²) in [5.41, 5.74) is 0.388. The lowest BCUT2D eigenvalue weighted by atomic mass is 10.0. The van der Waals surface area contributed by atoms with Crippen molar-refractivity contribution in [3.05, 3.63) is 34.9 Å². The largest absolute Gasteiger partial charge is 0.303 e. The van der Waals surface area contributed by atoms with Crippen molar-refractivity contribution in [1.82, 2.24) is 19.8 Å². The second-order valence-electron chi connectivity index (χ2n) is 7.13. The Balaban J connectivity index is 1.49. The van der Waals surface area contributed by atoms with Crippen molar-refractivity contribution in [2.24, 2.45) is 5.92 Å². The van der Waals surface area contributed by atoms with Gasteiger partial charge in [-0.1, -0.05) is 29.9 Å². The van der Waals surface area contributed by atoms with Gasteiger partial charge in [0.2, 0.25) is 9.47 Å². The van der Waals surface area contributed by atoms with Gasteiger partial charge in [0.1, 0.15) is 0 Å². The summed E-state index contributed by atoms with van der Waals surface area (Å²) in [6.07, 6.45) is 3.18. The Hall–Kier alpha value is -1.59. The molecule has 0 spiro atoms. The van der Waals surface area contributed by atoms with Gasteiger partial charge >= 0.3 is 0 Å². The topological polar surface area (TPSA) is 104 Å². The van der Waals surface area contributed by atoms with Crippen LogP contribution in [-0.4, -0.2) is 55.6 Å². The second kappa shape index (κ2) is 9.94. The van der Waals surface area contributed by atoms with Crippen LogP contribution in [-0.2, 0) is 10.0 Å². The SMILES string of the molecule is C[C@@H]1CCCN(CCCNS(=O)(=O)c2nnc(NC(=O)c3ccc(Cl)cc3)s2)C1. The molecule has 0 radical (unpaired) electrons. The van der Waals surface area contributed by atoms with Crippen LogP contribution >= 0.6 is 22.9 Å². The number of carbonyl (C=O) groups is 1. The lowest BCUT2D eigenvalue weighted by molar-refractivity contribution is 0.102. The molecule has 2 N–H and O–H groups in total. The van der Waals surface area contributed by atoms with Gasteiger partial charge in [0, 0.05) is 23.7 Å². The quantitative estimate of drug-likeness (QED) is 0.466. The highest BCUT2D eigenvalue weighted by Gasteiger charge is 2.21. The molecule has 1 aliphatic rings. The van der Waals surface area contributed by atoms with Gasteiger partial charge in [-0.25, -0.2) is 13.1 Å². The van der Waals surface area contributed by atoms with Gasteiger partial charge in [-0.15, -0.1) is 10.2 Å². The maximum Gasteiger partial charge on any atom is 0.269 e. The number of halogens is 1. The number of nitrogens with zero attached hydrogens (tertiary/aromatic N) is 3. The number of piperidine rings is 1. The normalized spacial score (nSPS) is 17.9. The molecule has 0 bridgehead atoms. The van der Waals surface area contributed by atoms with Gasteiger partial charge in [0.05, 0.1) is 0 Å². The van der Waals surface area contributed by atoms with Gasteiger partial charge in [0.25, 0.3) is 15.9 Å². The van der Waals surface area contributed by atoms with Crippen LogP contribution in [0.15, 0.2) is 28.6 Å². The molecule has 0 aliphatic carbocycles. The molecule has 1 amide bonds. The number of hydrogen-bond acceptors (Lipinski definition) is 7. The molecule has 0 saturated carbocycles. The summed E-state index contributed by atoms with van der Waals surface area (Å²) in [5.74, 6) is 0.286. The summed E-state index contributed by atoms with van der Waals surface area (Å²) < 4.78 is 27.2. The van der Waals surface area contributed by atoms with E-state index >= 15 is 0 Å². The third kappa shape index (κ3) is 6.45. The molecule has 2 aromatic rings. The van der Waals surface area contributed by atoms with Crippen LogP contribution in [0.4, 0.5) is 5.13 Å². The first-order valence-electron chi connectivity index (χ1n) is 9.46. The van der Waals surface area contributed by atoms with Gasteiger partial charge in [-0.05, 0) is 62.5 Å². The van der Waals surface area contributed by atoms with Gasteiger partial charge < -0.3 is 4.90 Å². The first kappa shape index (κ1) is 22.1. The lowest BCUT2D eigenvalue weighted by Gasteiger charge is -2.30. The average Bonchev–Trinajstić information content (AvgIpc) is 3.15. The second-order valence-corrected chi connectivity index (χ2v) is 10.5. The molecule has 1 saturated heterocycles. The highest BCUT2D eigenvalue weighted by molar-refractivity contribution is 7.91. The fourth-order valence-electron chi connectivity index (χ4n) is 3.20. The molecule has 1 aliphatic heterocycles. The van der Waals surface area contributed by atoms with E-state index in [1.165, 1.54) is 12.8 Å². The first-order valence-corrected chi connectivity index (χ1v) is 12.1. The molecule has 1 aromatic heterocycles. The number of sulfonamides is 1. The summed E-state index contributed by atoms with van der Waals surface area (Å²) in [5, 5.41) is 10.6. The number of hydrogen-bond donors (Lipinski definition) is 2. The number of likely N-dealkylation sites (tertiary alicyclic amines) is 1. The molecule has 1 atom stereocenters. The maximum absolute atomic E-state index is 12.4. The zero-order valence-electron chi connectivity index (χ0n) is 16.1. The fraction of sp³-hybridized carbons (Fsp3) is 0.500. The van der Waals surface area contributed by atoms with Crippen molar-refractivity contribution in [3.63, 3.8) is 0 Å². The van der Waals surface area contributed by atoms with Crippen LogP contribution < -0.4 is 10.0 Å². The zero-order chi connectivity index (χ0) is 20.9. The zero-order valence-corrected chi connectivity index (χ0v) is 18.5. The number of benzene rings is 1. The number of nitrogens with one attached hydrogen (secondary N) is 2. The van der Waals surface area contributed by atoms with E-state index in [2.05, 4.69) is 32.1 Å². The van der Waals surface area contributed by atoms with Crippen LogP contribution in [0.3, 0.4) is 0 Å². The van der Waals surface area contributed by atoms with E-state index in [9.17, 15) is 13.2 Å². The number of carbonyl (C=O) groups excluding carboxylic acids is 1. The Kier molecular flexibility index (Phi) is 7.58. The van der Waals surface area contributed by atoms with Crippen molar-refractivity contribution in [1.29, 1.82) is 0 Å². The Labute approximate surface area is 179 Å². The van der Waals surface area contributed by atoms with E-state index in [-0.39, 0.29) is 9.47 Å². The van der Waals surface area contributed by atoms with Gasteiger partial charge in [-0.2, -0.15) is 0 Å². The highest BCUT2D eigenvalue weighted by atomic mass is 35.5. The molecule has 1 aromatic carbocycles. The predicted octanol–water partition coefficient (Wildman–Crippen LogP) is 2.84. The molecule has 1 fully saturated rings. The monoisotopic (exact) mass is 457 g/mol. The Morgan fingerprint density at radius 1 is 1.31 bits per heavy atom. The molecule has 0 unspecified atom stereocenters. The van der Waals surface area contributed by atoms with Crippen molar-refractivity contribution in [2.45, 2.75) is 30.5 Å².